The summed E-state index contributed by atoms with van der Waals surface area (Å²) in [6.45, 7) is 5.61. The number of nitriles is 1. The Morgan fingerprint density at radius 2 is 1.69 bits per heavy atom. The van der Waals surface area contributed by atoms with Crippen LogP contribution in [0.5, 0.6) is 0 Å². The first kappa shape index (κ1) is 27.3. The van der Waals surface area contributed by atoms with Crippen LogP contribution in [0.2, 0.25) is 0 Å². The molecule has 0 spiro atoms. The molecule has 2 saturated carbocycles. The average Bonchev–Trinajstić information content (AvgIpc) is 3.91. The van der Waals surface area contributed by atoms with Crippen molar-refractivity contribution in [1.29, 1.82) is 5.26 Å². The van der Waals surface area contributed by atoms with Crippen molar-refractivity contribution in [2.75, 3.05) is 10.6 Å². The van der Waals surface area contributed by atoms with E-state index < -0.39 is 5.41 Å². The monoisotopic (exact) mass is 556 g/mol. The predicted molar refractivity (Wildman–Crippen MR) is 162 cm³/mol. The SMILES string of the molecule is Cc1ccc(NC(=O)c2ccnc(C(C)(C)C#N)c2)cc1-c1cc(-c2cc(NC(=O)C3CC3)ncn2)cc(C2CC2)c1. The van der Waals surface area contributed by atoms with Gasteiger partial charge < -0.3 is 10.6 Å². The van der Waals surface area contributed by atoms with Crippen molar-refractivity contribution in [2.24, 2.45) is 5.92 Å². The van der Waals surface area contributed by atoms with E-state index in [2.05, 4.69) is 56.8 Å². The molecule has 2 amide bonds. The number of carbonyl (C=O) groups is 2. The van der Waals surface area contributed by atoms with Gasteiger partial charge in [-0.25, -0.2) is 9.97 Å². The highest BCUT2D eigenvalue weighted by Gasteiger charge is 2.30. The van der Waals surface area contributed by atoms with Crippen LogP contribution in [0.3, 0.4) is 0 Å². The van der Waals surface area contributed by atoms with Crippen molar-refractivity contribution in [1.82, 2.24) is 15.0 Å². The summed E-state index contributed by atoms with van der Waals surface area (Å²) >= 11 is 0. The molecule has 0 atom stereocenters. The van der Waals surface area contributed by atoms with E-state index in [1.165, 1.54) is 11.9 Å². The van der Waals surface area contributed by atoms with Crippen molar-refractivity contribution in [3.05, 3.63) is 89.5 Å². The molecule has 8 heteroatoms. The van der Waals surface area contributed by atoms with Crippen LogP contribution in [0.4, 0.5) is 11.5 Å². The largest absolute Gasteiger partial charge is 0.322 e. The lowest BCUT2D eigenvalue weighted by molar-refractivity contribution is -0.117. The Morgan fingerprint density at radius 3 is 2.43 bits per heavy atom. The van der Waals surface area contributed by atoms with Crippen molar-refractivity contribution in [2.45, 2.75) is 57.8 Å². The topological polar surface area (TPSA) is 121 Å². The lowest BCUT2D eigenvalue weighted by Crippen LogP contribution is -2.18. The minimum absolute atomic E-state index is 0.0123. The fourth-order valence-corrected chi connectivity index (χ4v) is 4.95. The molecule has 2 fully saturated rings. The second kappa shape index (κ2) is 10.8. The Morgan fingerprint density at radius 1 is 0.905 bits per heavy atom. The van der Waals surface area contributed by atoms with Crippen molar-refractivity contribution >= 4 is 23.3 Å². The molecule has 0 saturated heterocycles. The fourth-order valence-electron chi connectivity index (χ4n) is 4.95. The van der Waals surface area contributed by atoms with Gasteiger partial charge in [0.2, 0.25) is 5.91 Å². The Bertz CT molecular complexity index is 1750. The predicted octanol–water partition coefficient (Wildman–Crippen LogP) is 6.79. The smallest absolute Gasteiger partial charge is 0.255 e. The summed E-state index contributed by atoms with van der Waals surface area (Å²) in [5.41, 5.74) is 6.93. The number of benzene rings is 2. The van der Waals surface area contributed by atoms with Crippen LogP contribution in [0.15, 0.2) is 67.1 Å². The number of pyridine rings is 1. The van der Waals surface area contributed by atoms with Crippen molar-refractivity contribution in [3.8, 4) is 28.5 Å². The molecule has 0 bridgehead atoms. The second-order valence-corrected chi connectivity index (χ2v) is 11.8. The maximum Gasteiger partial charge on any atom is 0.255 e. The minimum atomic E-state index is -0.801. The lowest BCUT2D eigenvalue weighted by Gasteiger charge is -2.16. The van der Waals surface area contributed by atoms with Gasteiger partial charge in [-0.1, -0.05) is 12.1 Å². The molecule has 210 valence electrons. The summed E-state index contributed by atoms with van der Waals surface area (Å²) in [6.07, 6.45) is 7.22. The highest BCUT2D eigenvalue weighted by molar-refractivity contribution is 6.04. The van der Waals surface area contributed by atoms with E-state index in [0.717, 1.165) is 53.6 Å². The maximum absolute atomic E-state index is 13.2. The number of rotatable bonds is 8. The average molecular weight is 557 g/mol. The van der Waals surface area contributed by atoms with E-state index in [1.54, 1.807) is 32.2 Å². The summed E-state index contributed by atoms with van der Waals surface area (Å²) in [7, 11) is 0. The van der Waals surface area contributed by atoms with Gasteiger partial charge >= 0.3 is 0 Å². The molecular weight excluding hydrogens is 524 g/mol. The third-order valence-corrected chi connectivity index (χ3v) is 7.91. The molecule has 42 heavy (non-hydrogen) atoms. The van der Waals surface area contributed by atoms with Gasteiger partial charge in [0.05, 0.1) is 22.9 Å². The molecular formula is C34H32N6O2. The zero-order chi connectivity index (χ0) is 29.4. The molecule has 2 aliphatic carbocycles. The van der Waals surface area contributed by atoms with Crippen LogP contribution in [0.1, 0.15) is 72.6 Å². The van der Waals surface area contributed by atoms with Gasteiger partial charge in [-0.2, -0.15) is 5.26 Å². The lowest BCUT2D eigenvalue weighted by atomic mass is 9.90. The van der Waals surface area contributed by atoms with Crippen LogP contribution >= 0.6 is 0 Å². The maximum atomic E-state index is 13.2. The highest BCUT2D eigenvalue weighted by Crippen LogP contribution is 2.43. The number of nitrogens with zero attached hydrogens (tertiary/aromatic N) is 4. The van der Waals surface area contributed by atoms with Crippen LogP contribution in [0.25, 0.3) is 22.4 Å². The number of carbonyl (C=O) groups excluding carboxylic acids is 2. The molecule has 0 unspecified atom stereocenters. The van der Waals surface area contributed by atoms with Crippen LogP contribution < -0.4 is 10.6 Å². The standard InChI is InChI=1S/C34H32N6O2/c1-20-4-9-27(39-33(42)23-10-11-36-30(15-23)34(2,3)18-35)16-28(20)25-12-24(21-5-6-21)13-26(14-25)29-17-31(38-19-37-29)40-32(41)22-7-8-22/h4,9-17,19,21-22H,5-8H2,1-3H3,(H,39,42)(H,37,38,40,41). The normalized spacial score (nSPS) is 14.6. The van der Waals surface area contributed by atoms with Crippen molar-refractivity contribution in [3.63, 3.8) is 0 Å². The third-order valence-electron chi connectivity index (χ3n) is 7.91. The Balaban J connectivity index is 1.31. The molecule has 0 aliphatic heterocycles. The first-order chi connectivity index (χ1) is 20.2. The van der Waals surface area contributed by atoms with Gasteiger partial charge in [-0.05, 0) is 111 Å². The highest BCUT2D eigenvalue weighted by atomic mass is 16.2. The molecule has 8 nitrogen and oxygen atoms in total. The zero-order valence-electron chi connectivity index (χ0n) is 23.9. The van der Waals surface area contributed by atoms with Gasteiger partial charge in [0.25, 0.3) is 5.91 Å². The number of hydrogen-bond acceptors (Lipinski definition) is 6. The third kappa shape index (κ3) is 5.91. The van der Waals surface area contributed by atoms with Gasteiger partial charge in [0, 0.05) is 35.0 Å². The summed E-state index contributed by atoms with van der Waals surface area (Å²) in [5.74, 6) is 0.860. The zero-order valence-corrected chi connectivity index (χ0v) is 23.9. The first-order valence-corrected chi connectivity index (χ1v) is 14.3. The van der Waals surface area contributed by atoms with E-state index in [9.17, 15) is 14.9 Å². The summed E-state index contributed by atoms with van der Waals surface area (Å²) in [5, 5.41) is 15.4. The Labute approximate surface area is 245 Å². The summed E-state index contributed by atoms with van der Waals surface area (Å²) in [4.78, 5) is 38.6. The number of hydrogen-bond donors (Lipinski definition) is 2. The van der Waals surface area contributed by atoms with Crippen LogP contribution in [0, 0.1) is 24.2 Å². The van der Waals surface area contributed by atoms with Crippen molar-refractivity contribution < 1.29 is 9.59 Å². The van der Waals surface area contributed by atoms with E-state index in [4.69, 9.17) is 0 Å². The van der Waals surface area contributed by atoms with Crippen LogP contribution in [-0.4, -0.2) is 26.8 Å². The molecule has 0 radical (unpaired) electrons. The number of amides is 2. The van der Waals surface area contributed by atoms with E-state index >= 15 is 0 Å². The summed E-state index contributed by atoms with van der Waals surface area (Å²) < 4.78 is 0. The van der Waals surface area contributed by atoms with E-state index in [1.807, 2.05) is 24.3 Å². The molecule has 2 N–H and O–H groups in total. The van der Waals surface area contributed by atoms with Gasteiger partial charge in [0.1, 0.15) is 12.1 Å². The number of anilines is 2. The van der Waals surface area contributed by atoms with E-state index in [-0.39, 0.29) is 17.7 Å². The van der Waals surface area contributed by atoms with E-state index in [0.29, 0.717) is 28.7 Å². The second-order valence-electron chi connectivity index (χ2n) is 11.8. The van der Waals surface area contributed by atoms with Gasteiger partial charge in [0.15, 0.2) is 0 Å². The van der Waals surface area contributed by atoms with Gasteiger partial charge in [-0.3, -0.25) is 14.6 Å². The molecule has 2 aliphatic rings. The molecule has 6 rings (SSSR count). The number of nitrogens with one attached hydrogen (secondary N) is 2. The Hall–Kier alpha value is -4.90. The number of aromatic nitrogens is 3. The number of aryl methyl sites for hydroxylation is 1. The van der Waals surface area contributed by atoms with Gasteiger partial charge in [-0.15, -0.1) is 0 Å². The Kier molecular flexibility index (Phi) is 7.03. The summed E-state index contributed by atoms with van der Waals surface area (Å²) in [6, 6.07) is 19.8. The molecule has 2 heterocycles. The minimum Gasteiger partial charge on any atom is -0.322 e. The van der Waals surface area contributed by atoms with Crippen LogP contribution in [-0.2, 0) is 10.2 Å². The first-order valence-electron chi connectivity index (χ1n) is 14.3. The molecule has 2 aromatic heterocycles. The fraction of sp³-hybridized carbons (Fsp3) is 0.294. The molecule has 2 aromatic carbocycles. The quantitative estimate of drug-likeness (QED) is 0.246. The molecule has 4 aromatic rings.